The zero-order valence-corrected chi connectivity index (χ0v) is 22.5. The largest absolute Gasteiger partial charge is 0.497 e. The number of para-hydroxylation sites is 2. The first-order chi connectivity index (χ1) is 18.5. The van der Waals surface area contributed by atoms with Crippen LogP contribution in [0, 0.1) is 18.3 Å². The maximum atomic E-state index is 12.7. The number of ether oxygens (including phenoxy) is 2. The first kappa shape index (κ1) is 26.8. The highest BCUT2D eigenvalue weighted by atomic mass is 32.2. The molecule has 1 amide bonds. The lowest BCUT2D eigenvalue weighted by molar-refractivity contribution is -0.115. The van der Waals surface area contributed by atoms with Crippen LogP contribution in [0.2, 0.25) is 0 Å². The molecular weight excluding hydrogens is 494 g/mol. The second-order valence-corrected chi connectivity index (χ2v) is 9.60. The van der Waals surface area contributed by atoms with E-state index in [4.69, 9.17) is 14.5 Å². The van der Waals surface area contributed by atoms with Crippen molar-refractivity contribution in [2.75, 3.05) is 24.8 Å². The molecule has 0 aliphatic heterocycles. The third-order valence-corrected chi connectivity index (χ3v) is 6.85. The van der Waals surface area contributed by atoms with Gasteiger partial charge in [-0.05, 0) is 61.9 Å². The van der Waals surface area contributed by atoms with Crippen molar-refractivity contribution < 1.29 is 14.3 Å². The van der Waals surface area contributed by atoms with E-state index in [1.165, 1.54) is 11.8 Å². The molecule has 0 radical (unpaired) electrons. The van der Waals surface area contributed by atoms with Crippen LogP contribution in [0.3, 0.4) is 0 Å². The Morgan fingerprint density at radius 2 is 1.74 bits per heavy atom. The Hall–Kier alpha value is -4.28. The van der Waals surface area contributed by atoms with Gasteiger partial charge in [0.2, 0.25) is 5.91 Å². The number of pyridine rings is 1. The van der Waals surface area contributed by atoms with Crippen molar-refractivity contribution in [2.24, 2.45) is 0 Å². The number of benzene rings is 3. The Bertz CT molecular complexity index is 1450. The Morgan fingerprint density at radius 3 is 2.42 bits per heavy atom. The smallest absolute Gasteiger partial charge is 0.225 e. The molecular formula is C31H29N3O3S. The van der Waals surface area contributed by atoms with Gasteiger partial charge in [-0.15, -0.1) is 11.8 Å². The SMILES string of the molecule is CCOc1ccccc1NC(=O)CCSc1nc(-c2ccc(OC)cc2)cc(-c2ccc(C)cc2)c1C#N. The maximum Gasteiger partial charge on any atom is 0.225 e. The summed E-state index contributed by atoms with van der Waals surface area (Å²) in [5, 5.41) is 13.6. The molecule has 1 heterocycles. The molecule has 0 fully saturated rings. The van der Waals surface area contributed by atoms with Gasteiger partial charge in [-0.2, -0.15) is 5.26 Å². The third-order valence-electron chi connectivity index (χ3n) is 5.88. The lowest BCUT2D eigenvalue weighted by Crippen LogP contribution is -2.13. The molecule has 192 valence electrons. The molecule has 0 aliphatic carbocycles. The van der Waals surface area contributed by atoms with E-state index in [9.17, 15) is 10.1 Å². The number of methoxy groups -OCH3 is 1. The summed E-state index contributed by atoms with van der Waals surface area (Å²) >= 11 is 1.40. The number of nitrogens with one attached hydrogen (secondary N) is 1. The highest BCUT2D eigenvalue weighted by Crippen LogP contribution is 2.35. The lowest BCUT2D eigenvalue weighted by Gasteiger charge is -2.14. The number of rotatable bonds is 10. The Balaban J connectivity index is 1.60. The van der Waals surface area contributed by atoms with Gasteiger partial charge in [0, 0.05) is 23.3 Å². The van der Waals surface area contributed by atoms with Crippen LogP contribution in [-0.4, -0.2) is 30.4 Å². The van der Waals surface area contributed by atoms with Gasteiger partial charge in [0.05, 0.1) is 30.7 Å². The number of carbonyl (C=O) groups excluding carboxylic acids is 1. The average Bonchev–Trinajstić information content (AvgIpc) is 2.94. The zero-order valence-electron chi connectivity index (χ0n) is 21.7. The first-order valence-corrected chi connectivity index (χ1v) is 13.3. The number of aryl methyl sites for hydroxylation is 1. The molecule has 3 aromatic carbocycles. The molecule has 1 aromatic heterocycles. The second-order valence-electron chi connectivity index (χ2n) is 8.52. The van der Waals surface area contributed by atoms with Gasteiger partial charge in [0.1, 0.15) is 22.6 Å². The molecule has 4 aromatic rings. The number of nitrogens with zero attached hydrogens (tertiary/aromatic N) is 2. The van der Waals surface area contributed by atoms with E-state index in [2.05, 4.69) is 11.4 Å². The molecule has 6 nitrogen and oxygen atoms in total. The van der Waals surface area contributed by atoms with Gasteiger partial charge in [0.15, 0.2) is 0 Å². The quantitative estimate of drug-likeness (QED) is 0.223. The molecule has 7 heteroatoms. The minimum Gasteiger partial charge on any atom is -0.497 e. The molecule has 0 unspecified atom stereocenters. The number of hydrogen-bond donors (Lipinski definition) is 1. The fourth-order valence-electron chi connectivity index (χ4n) is 3.91. The van der Waals surface area contributed by atoms with Crippen LogP contribution in [-0.2, 0) is 4.79 Å². The Morgan fingerprint density at radius 1 is 1.03 bits per heavy atom. The van der Waals surface area contributed by atoms with Crippen LogP contribution >= 0.6 is 11.8 Å². The number of nitriles is 1. The molecule has 0 atom stereocenters. The Labute approximate surface area is 227 Å². The molecule has 0 bridgehead atoms. The van der Waals surface area contributed by atoms with Gasteiger partial charge in [-0.25, -0.2) is 4.98 Å². The van der Waals surface area contributed by atoms with E-state index in [0.717, 1.165) is 33.7 Å². The number of hydrogen-bond acceptors (Lipinski definition) is 6. The third kappa shape index (κ3) is 6.53. The van der Waals surface area contributed by atoms with E-state index < -0.39 is 0 Å². The zero-order chi connectivity index (χ0) is 26.9. The Kier molecular flexibility index (Phi) is 9.02. The van der Waals surface area contributed by atoms with Crippen molar-refractivity contribution >= 4 is 23.4 Å². The summed E-state index contributed by atoms with van der Waals surface area (Å²) in [4.78, 5) is 17.5. The highest BCUT2D eigenvalue weighted by Gasteiger charge is 2.17. The summed E-state index contributed by atoms with van der Waals surface area (Å²) in [6.45, 7) is 4.45. The monoisotopic (exact) mass is 523 g/mol. The predicted octanol–water partition coefficient (Wildman–Crippen LogP) is 7.12. The predicted molar refractivity (Wildman–Crippen MR) is 153 cm³/mol. The topological polar surface area (TPSA) is 84.2 Å². The number of amides is 1. The van der Waals surface area contributed by atoms with Crippen molar-refractivity contribution in [2.45, 2.75) is 25.3 Å². The fourth-order valence-corrected chi connectivity index (χ4v) is 4.85. The highest BCUT2D eigenvalue weighted by molar-refractivity contribution is 7.99. The number of aromatic nitrogens is 1. The van der Waals surface area contributed by atoms with E-state index in [1.807, 2.05) is 92.7 Å². The van der Waals surface area contributed by atoms with Crippen molar-refractivity contribution in [3.63, 3.8) is 0 Å². The van der Waals surface area contributed by atoms with E-state index in [-0.39, 0.29) is 12.3 Å². The summed E-state index contributed by atoms with van der Waals surface area (Å²) < 4.78 is 10.9. The average molecular weight is 524 g/mol. The summed E-state index contributed by atoms with van der Waals surface area (Å²) in [6, 6.07) is 27.4. The van der Waals surface area contributed by atoms with Crippen molar-refractivity contribution in [3.05, 3.63) is 90.0 Å². The molecule has 1 N–H and O–H groups in total. The normalized spacial score (nSPS) is 10.5. The number of thioether (sulfide) groups is 1. The van der Waals surface area contributed by atoms with Crippen LogP contribution < -0.4 is 14.8 Å². The van der Waals surface area contributed by atoms with Crippen molar-refractivity contribution in [3.8, 4) is 40.0 Å². The summed E-state index contributed by atoms with van der Waals surface area (Å²) in [7, 11) is 1.63. The molecule has 38 heavy (non-hydrogen) atoms. The van der Waals surface area contributed by atoms with Gasteiger partial charge < -0.3 is 14.8 Å². The summed E-state index contributed by atoms with van der Waals surface area (Å²) in [5.74, 6) is 1.73. The molecule has 0 saturated heterocycles. The molecule has 0 spiro atoms. The standard InChI is InChI=1S/C31H29N3O3S/c1-4-37-29-8-6-5-7-27(29)33-30(35)17-18-38-31-26(20-32)25(22-11-9-21(2)10-12-22)19-28(34-31)23-13-15-24(36-3)16-14-23/h5-16,19H,4,17-18H2,1-3H3,(H,33,35). The van der Waals surface area contributed by atoms with E-state index in [0.29, 0.717) is 34.4 Å². The van der Waals surface area contributed by atoms with E-state index in [1.54, 1.807) is 7.11 Å². The van der Waals surface area contributed by atoms with Gasteiger partial charge in [-0.1, -0.05) is 42.0 Å². The van der Waals surface area contributed by atoms with Crippen LogP contribution in [0.25, 0.3) is 22.4 Å². The van der Waals surface area contributed by atoms with Crippen molar-refractivity contribution in [1.82, 2.24) is 4.98 Å². The minimum atomic E-state index is -0.131. The summed E-state index contributed by atoms with van der Waals surface area (Å²) in [5.41, 5.74) is 5.70. The number of anilines is 1. The maximum absolute atomic E-state index is 12.7. The van der Waals surface area contributed by atoms with Crippen LogP contribution in [0.4, 0.5) is 5.69 Å². The van der Waals surface area contributed by atoms with Crippen LogP contribution in [0.5, 0.6) is 11.5 Å². The van der Waals surface area contributed by atoms with Gasteiger partial charge in [-0.3, -0.25) is 4.79 Å². The fraction of sp³-hybridized carbons (Fsp3) is 0.194. The lowest BCUT2D eigenvalue weighted by atomic mass is 9.98. The van der Waals surface area contributed by atoms with Crippen LogP contribution in [0.15, 0.2) is 83.9 Å². The van der Waals surface area contributed by atoms with Gasteiger partial charge >= 0.3 is 0 Å². The van der Waals surface area contributed by atoms with Crippen LogP contribution in [0.1, 0.15) is 24.5 Å². The summed E-state index contributed by atoms with van der Waals surface area (Å²) in [6.07, 6.45) is 0.254. The molecule has 0 saturated carbocycles. The molecule has 4 rings (SSSR count). The molecule has 0 aliphatic rings. The van der Waals surface area contributed by atoms with Gasteiger partial charge in [0.25, 0.3) is 0 Å². The first-order valence-electron chi connectivity index (χ1n) is 12.3. The van der Waals surface area contributed by atoms with E-state index >= 15 is 0 Å². The van der Waals surface area contributed by atoms with Crippen molar-refractivity contribution in [1.29, 1.82) is 5.26 Å². The number of carbonyl (C=O) groups is 1. The second kappa shape index (κ2) is 12.8. The minimum absolute atomic E-state index is 0.131.